The maximum absolute atomic E-state index is 6.10. The minimum atomic E-state index is 0.381. The molecule has 1 atom stereocenters. The first-order valence-electron chi connectivity index (χ1n) is 6.33. The summed E-state index contributed by atoms with van der Waals surface area (Å²) in [6, 6.07) is 0.381. The van der Waals surface area contributed by atoms with Crippen LogP contribution in [0.2, 0.25) is 0 Å². The SMILES string of the molecule is CCC(CSC)n1c(N)nc2c(C)nn(CC)c21. The first-order valence-corrected chi connectivity index (χ1v) is 7.73. The minimum absolute atomic E-state index is 0.381. The summed E-state index contributed by atoms with van der Waals surface area (Å²) in [7, 11) is 0. The highest BCUT2D eigenvalue weighted by atomic mass is 32.2. The van der Waals surface area contributed by atoms with Crippen LogP contribution in [0.3, 0.4) is 0 Å². The Morgan fingerprint density at radius 2 is 2.11 bits per heavy atom. The molecule has 2 aromatic rings. The number of thioether (sulfide) groups is 1. The molecule has 2 aromatic heterocycles. The molecule has 18 heavy (non-hydrogen) atoms. The van der Waals surface area contributed by atoms with Crippen molar-refractivity contribution in [2.24, 2.45) is 0 Å². The van der Waals surface area contributed by atoms with Crippen molar-refractivity contribution in [1.29, 1.82) is 0 Å². The third-order valence-corrected chi connectivity index (χ3v) is 3.98. The fraction of sp³-hybridized carbons (Fsp3) is 0.667. The summed E-state index contributed by atoms with van der Waals surface area (Å²) in [4.78, 5) is 4.48. The van der Waals surface area contributed by atoms with Crippen LogP contribution in [0.15, 0.2) is 0 Å². The zero-order valence-corrected chi connectivity index (χ0v) is 12.3. The lowest BCUT2D eigenvalue weighted by Gasteiger charge is -2.18. The first kappa shape index (κ1) is 13.3. The fourth-order valence-electron chi connectivity index (χ4n) is 2.35. The molecular formula is C12H21N5S. The highest BCUT2D eigenvalue weighted by Gasteiger charge is 2.21. The maximum atomic E-state index is 6.10. The van der Waals surface area contributed by atoms with E-state index in [0.717, 1.165) is 35.6 Å². The molecule has 6 heteroatoms. The molecule has 2 N–H and O–H groups in total. The van der Waals surface area contributed by atoms with E-state index in [0.29, 0.717) is 12.0 Å². The number of nitrogens with two attached hydrogens (primary N) is 1. The summed E-state index contributed by atoms with van der Waals surface area (Å²) in [6.45, 7) is 7.10. The number of aryl methyl sites for hydroxylation is 2. The zero-order chi connectivity index (χ0) is 13.3. The molecule has 0 aliphatic rings. The van der Waals surface area contributed by atoms with Gasteiger partial charge in [0.15, 0.2) is 5.65 Å². The Kier molecular flexibility index (Phi) is 3.85. The van der Waals surface area contributed by atoms with Gasteiger partial charge in [0.2, 0.25) is 5.95 Å². The van der Waals surface area contributed by atoms with E-state index in [9.17, 15) is 0 Å². The van der Waals surface area contributed by atoms with E-state index in [1.807, 2.05) is 23.4 Å². The normalized spacial score (nSPS) is 13.3. The maximum Gasteiger partial charge on any atom is 0.202 e. The van der Waals surface area contributed by atoms with Crippen LogP contribution >= 0.6 is 11.8 Å². The Morgan fingerprint density at radius 1 is 1.39 bits per heavy atom. The Hall–Kier alpha value is -1.17. The predicted molar refractivity (Wildman–Crippen MR) is 78.1 cm³/mol. The van der Waals surface area contributed by atoms with E-state index in [4.69, 9.17) is 5.73 Å². The van der Waals surface area contributed by atoms with Crippen LogP contribution in [-0.4, -0.2) is 31.3 Å². The van der Waals surface area contributed by atoms with Gasteiger partial charge < -0.3 is 5.73 Å². The van der Waals surface area contributed by atoms with E-state index in [1.165, 1.54) is 0 Å². The van der Waals surface area contributed by atoms with Gasteiger partial charge in [-0.2, -0.15) is 16.9 Å². The van der Waals surface area contributed by atoms with Crippen LogP contribution in [0.1, 0.15) is 32.0 Å². The summed E-state index contributed by atoms with van der Waals surface area (Å²) in [6.07, 6.45) is 3.17. The van der Waals surface area contributed by atoms with Gasteiger partial charge in [0.05, 0.1) is 5.69 Å². The largest absolute Gasteiger partial charge is 0.369 e. The van der Waals surface area contributed by atoms with Gasteiger partial charge in [-0.25, -0.2) is 9.67 Å². The van der Waals surface area contributed by atoms with E-state index in [1.54, 1.807) is 0 Å². The number of anilines is 1. The Bertz CT molecular complexity index is 542. The molecular weight excluding hydrogens is 246 g/mol. The predicted octanol–water partition coefficient (Wildman–Crippen LogP) is 2.46. The Morgan fingerprint density at radius 3 is 2.67 bits per heavy atom. The average molecular weight is 267 g/mol. The van der Waals surface area contributed by atoms with Gasteiger partial charge in [0.25, 0.3) is 0 Å². The topological polar surface area (TPSA) is 61.7 Å². The number of rotatable bonds is 5. The molecule has 0 saturated heterocycles. The lowest BCUT2D eigenvalue weighted by molar-refractivity contribution is 0.538. The van der Waals surface area contributed by atoms with E-state index >= 15 is 0 Å². The first-order chi connectivity index (χ1) is 8.63. The van der Waals surface area contributed by atoms with E-state index < -0.39 is 0 Å². The zero-order valence-electron chi connectivity index (χ0n) is 11.5. The van der Waals surface area contributed by atoms with Crippen molar-refractivity contribution in [3.8, 4) is 0 Å². The second-order valence-electron chi connectivity index (χ2n) is 4.43. The standard InChI is InChI=1S/C12H21N5S/c1-5-9(7-18-4)17-11-10(14-12(17)13)8(3)15-16(11)6-2/h9H,5-7H2,1-4H3,(H2,13,14). The van der Waals surface area contributed by atoms with Gasteiger partial charge in [0.1, 0.15) is 5.52 Å². The highest BCUT2D eigenvalue weighted by Crippen LogP contribution is 2.28. The van der Waals surface area contributed by atoms with Crippen LogP contribution in [0, 0.1) is 6.92 Å². The molecule has 0 fully saturated rings. The minimum Gasteiger partial charge on any atom is -0.369 e. The van der Waals surface area contributed by atoms with Gasteiger partial charge >= 0.3 is 0 Å². The number of nitrogens with zero attached hydrogens (tertiary/aromatic N) is 4. The van der Waals surface area contributed by atoms with Crippen LogP contribution in [0.25, 0.3) is 11.2 Å². The van der Waals surface area contributed by atoms with Gasteiger partial charge in [-0.15, -0.1) is 0 Å². The molecule has 0 saturated carbocycles. The molecule has 1 unspecified atom stereocenters. The smallest absolute Gasteiger partial charge is 0.202 e. The van der Waals surface area contributed by atoms with Crippen LogP contribution in [0.4, 0.5) is 5.95 Å². The molecule has 2 heterocycles. The van der Waals surface area contributed by atoms with Gasteiger partial charge in [-0.3, -0.25) is 4.57 Å². The molecule has 0 spiro atoms. The second kappa shape index (κ2) is 5.22. The van der Waals surface area contributed by atoms with Crippen LogP contribution in [0.5, 0.6) is 0 Å². The van der Waals surface area contributed by atoms with Gasteiger partial charge in [0, 0.05) is 18.3 Å². The van der Waals surface area contributed by atoms with Gasteiger partial charge in [-0.05, 0) is 26.5 Å². The number of nitrogen functional groups attached to an aromatic ring is 1. The number of hydrogen-bond acceptors (Lipinski definition) is 4. The summed E-state index contributed by atoms with van der Waals surface area (Å²) < 4.78 is 4.15. The highest BCUT2D eigenvalue weighted by molar-refractivity contribution is 7.98. The Balaban J connectivity index is 2.64. The molecule has 0 amide bonds. The molecule has 0 aliphatic carbocycles. The molecule has 0 bridgehead atoms. The van der Waals surface area contributed by atoms with Crippen molar-refractivity contribution in [3.05, 3.63) is 5.69 Å². The second-order valence-corrected chi connectivity index (χ2v) is 5.34. The number of fused-ring (bicyclic) bond motifs is 1. The van der Waals surface area contributed by atoms with E-state index in [2.05, 4.69) is 34.8 Å². The number of imidazole rings is 1. The quantitative estimate of drug-likeness (QED) is 0.904. The summed E-state index contributed by atoms with van der Waals surface area (Å²) >= 11 is 1.84. The lowest BCUT2D eigenvalue weighted by Crippen LogP contribution is -2.16. The van der Waals surface area contributed by atoms with Crippen molar-refractivity contribution in [3.63, 3.8) is 0 Å². The fourth-order valence-corrected chi connectivity index (χ4v) is 3.12. The van der Waals surface area contributed by atoms with Crippen molar-refractivity contribution in [2.75, 3.05) is 17.7 Å². The average Bonchev–Trinajstić information content (AvgIpc) is 2.84. The monoisotopic (exact) mass is 267 g/mol. The van der Waals surface area contributed by atoms with Crippen molar-refractivity contribution in [1.82, 2.24) is 19.3 Å². The third-order valence-electron chi connectivity index (χ3n) is 3.27. The summed E-state index contributed by atoms with van der Waals surface area (Å²) in [5.41, 5.74) is 9.06. The van der Waals surface area contributed by atoms with Crippen LogP contribution < -0.4 is 5.73 Å². The molecule has 0 aromatic carbocycles. The van der Waals surface area contributed by atoms with Crippen molar-refractivity contribution in [2.45, 2.75) is 39.8 Å². The molecule has 0 aliphatic heterocycles. The Labute approximate surface area is 112 Å². The lowest BCUT2D eigenvalue weighted by atomic mass is 10.2. The number of aromatic nitrogens is 4. The molecule has 2 rings (SSSR count). The molecule has 5 nitrogen and oxygen atoms in total. The van der Waals surface area contributed by atoms with E-state index in [-0.39, 0.29) is 0 Å². The summed E-state index contributed by atoms with van der Waals surface area (Å²) in [5, 5.41) is 4.52. The van der Waals surface area contributed by atoms with Gasteiger partial charge in [-0.1, -0.05) is 6.92 Å². The van der Waals surface area contributed by atoms with Crippen molar-refractivity contribution >= 4 is 28.9 Å². The summed E-state index contributed by atoms with van der Waals surface area (Å²) in [5.74, 6) is 1.65. The molecule has 0 radical (unpaired) electrons. The molecule has 100 valence electrons. The third kappa shape index (κ3) is 1.98. The number of hydrogen-bond donors (Lipinski definition) is 1. The van der Waals surface area contributed by atoms with Crippen LogP contribution in [-0.2, 0) is 6.54 Å². The van der Waals surface area contributed by atoms with Crippen molar-refractivity contribution < 1.29 is 0 Å².